The van der Waals surface area contributed by atoms with E-state index in [9.17, 15) is 23.1 Å². The molecule has 7 heteroatoms. The summed E-state index contributed by atoms with van der Waals surface area (Å²) in [5.74, 6) is -0.452. The number of nitrogens with zero attached hydrogens (tertiary/aromatic N) is 1. The Morgan fingerprint density at radius 2 is 2.06 bits per heavy atom. The van der Waals surface area contributed by atoms with Crippen molar-refractivity contribution in [3.63, 3.8) is 0 Å². The topological polar surface area (TPSA) is 63.3 Å². The summed E-state index contributed by atoms with van der Waals surface area (Å²) < 4.78 is 41.7. The van der Waals surface area contributed by atoms with Gasteiger partial charge in [-0.2, -0.15) is 13.2 Å². The second-order valence-electron chi connectivity index (χ2n) is 3.02. The van der Waals surface area contributed by atoms with Crippen LogP contribution in [0.4, 0.5) is 13.2 Å². The monoisotopic (exact) mass is 231 g/mol. The van der Waals surface area contributed by atoms with Gasteiger partial charge in [-0.3, -0.25) is 4.79 Å². The van der Waals surface area contributed by atoms with Crippen molar-refractivity contribution in [2.75, 3.05) is 0 Å². The van der Waals surface area contributed by atoms with Gasteiger partial charge in [-0.05, 0) is 12.1 Å². The number of aromatic hydroxyl groups is 1. The SMILES string of the molecule is O=Cc1c(O)ccc2c(C(F)(F)F)noc12. The number of hydrogen-bond acceptors (Lipinski definition) is 4. The van der Waals surface area contributed by atoms with Gasteiger partial charge in [0, 0.05) is 0 Å². The molecule has 0 amide bonds. The van der Waals surface area contributed by atoms with Gasteiger partial charge in [-0.1, -0.05) is 5.16 Å². The molecule has 0 radical (unpaired) electrons. The van der Waals surface area contributed by atoms with Crippen molar-refractivity contribution < 1.29 is 27.6 Å². The molecule has 0 aliphatic heterocycles. The lowest BCUT2D eigenvalue weighted by Gasteiger charge is -2.01. The second-order valence-corrected chi connectivity index (χ2v) is 3.02. The fourth-order valence-electron chi connectivity index (χ4n) is 1.33. The van der Waals surface area contributed by atoms with Crippen LogP contribution in [0.2, 0.25) is 0 Å². The van der Waals surface area contributed by atoms with Gasteiger partial charge < -0.3 is 9.63 Å². The minimum atomic E-state index is -4.66. The minimum absolute atomic E-state index is 0.211. The molecule has 1 heterocycles. The number of aldehydes is 1. The van der Waals surface area contributed by atoms with E-state index in [-0.39, 0.29) is 22.8 Å². The molecule has 1 aromatic carbocycles. The summed E-state index contributed by atoms with van der Waals surface area (Å²) in [6.07, 6.45) is -4.45. The number of halogens is 3. The summed E-state index contributed by atoms with van der Waals surface area (Å²) in [7, 11) is 0. The van der Waals surface area contributed by atoms with E-state index in [0.717, 1.165) is 12.1 Å². The molecule has 0 spiro atoms. The van der Waals surface area contributed by atoms with Crippen LogP contribution in [0, 0.1) is 0 Å². The Bertz CT molecular complexity index is 559. The van der Waals surface area contributed by atoms with Crippen LogP contribution in [0.1, 0.15) is 16.1 Å². The maximum Gasteiger partial charge on any atom is 0.437 e. The molecule has 1 N–H and O–H groups in total. The van der Waals surface area contributed by atoms with E-state index < -0.39 is 17.6 Å². The molecule has 0 aliphatic rings. The number of carbonyl (C=O) groups excluding carboxylic acids is 1. The van der Waals surface area contributed by atoms with Crippen molar-refractivity contribution in [3.8, 4) is 5.75 Å². The summed E-state index contributed by atoms with van der Waals surface area (Å²) in [5.41, 5.74) is -1.94. The van der Waals surface area contributed by atoms with E-state index >= 15 is 0 Å². The van der Waals surface area contributed by atoms with Crippen molar-refractivity contribution >= 4 is 17.3 Å². The third-order valence-corrected chi connectivity index (χ3v) is 2.04. The zero-order chi connectivity index (χ0) is 11.9. The molecule has 84 valence electrons. The zero-order valence-electron chi connectivity index (χ0n) is 7.58. The molecule has 0 fully saturated rings. The highest BCUT2D eigenvalue weighted by molar-refractivity contribution is 5.98. The predicted molar refractivity (Wildman–Crippen MR) is 46.1 cm³/mol. The van der Waals surface area contributed by atoms with E-state index in [1.54, 1.807) is 0 Å². The van der Waals surface area contributed by atoms with E-state index in [1.165, 1.54) is 0 Å². The molecule has 0 bridgehead atoms. The number of fused-ring (bicyclic) bond motifs is 1. The van der Waals surface area contributed by atoms with Crippen LogP contribution in [0.5, 0.6) is 5.75 Å². The van der Waals surface area contributed by atoms with Gasteiger partial charge in [0.05, 0.1) is 5.39 Å². The quantitative estimate of drug-likeness (QED) is 0.765. The first-order chi connectivity index (χ1) is 7.45. The normalized spacial score (nSPS) is 11.9. The number of rotatable bonds is 1. The van der Waals surface area contributed by atoms with Gasteiger partial charge in [0.25, 0.3) is 0 Å². The average Bonchev–Trinajstić information content (AvgIpc) is 2.60. The van der Waals surface area contributed by atoms with Crippen LogP contribution >= 0.6 is 0 Å². The van der Waals surface area contributed by atoms with Crippen LogP contribution in [0.3, 0.4) is 0 Å². The van der Waals surface area contributed by atoms with Crippen LogP contribution in [-0.2, 0) is 6.18 Å². The number of hydrogen-bond donors (Lipinski definition) is 1. The van der Waals surface area contributed by atoms with Crippen LogP contribution in [0.15, 0.2) is 16.7 Å². The Morgan fingerprint density at radius 1 is 1.38 bits per heavy atom. The molecule has 2 aromatic rings. The molecular formula is C9H4F3NO3. The van der Waals surface area contributed by atoms with E-state index in [0.29, 0.717) is 0 Å². The summed E-state index contributed by atoms with van der Waals surface area (Å²) in [5, 5.41) is 11.7. The third kappa shape index (κ3) is 1.40. The summed E-state index contributed by atoms with van der Waals surface area (Å²) >= 11 is 0. The zero-order valence-corrected chi connectivity index (χ0v) is 7.58. The van der Waals surface area contributed by atoms with Crippen molar-refractivity contribution in [1.29, 1.82) is 0 Å². The molecule has 0 unspecified atom stereocenters. The van der Waals surface area contributed by atoms with Gasteiger partial charge in [0.15, 0.2) is 17.6 Å². The molecule has 0 atom stereocenters. The van der Waals surface area contributed by atoms with Gasteiger partial charge in [0.1, 0.15) is 11.3 Å². The molecule has 0 saturated heterocycles. The number of aromatic nitrogens is 1. The third-order valence-electron chi connectivity index (χ3n) is 2.04. The Labute approximate surface area is 86.3 Å². The lowest BCUT2D eigenvalue weighted by atomic mass is 10.1. The lowest BCUT2D eigenvalue weighted by molar-refractivity contribution is -0.141. The first-order valence-corrected chi connectivity index (χ1v) is 4.09. The Balaban J connectivity index is 2.81. The van der Waals surface area contributed by atoms with Crippen LogP contribution in [-0.4, -0.2) is 16.5 Å². The molecule has 16 heavy (non-hydrogen) atoms. The lowest BCUT2D eigenvalue weighted by Crippen LogP contribution is -2.05. The highest BCUT2D eigenvalue weighted by Crippen LogP contribution is 2.36. The van der Waals surface area contributed by atoms with Crippen molar-refractivity contribution in [2.24, 2.45) is 0 Å². The summed E-state index contributed by atoms with van der Waals surface area (Å²) in [6.45, 7) is 0. The van der Waals surface area contributed by atoms with E-state index in [2.05, 4.69) is 9.68 Å². The smallest absolute Gasteiger partial charge is 0.437 e. The highest BCUT2D eigenvalue weighted by atomic mass is 19.4. The van der Waals surface area contributed by atoms with Gasteiger partial charge in [-0.15, -0.1) is 0 Å². The molecule has 4 nitrogen and oxygen atoms in total. The predicted octanol–water partition coefficient (Wildman–Crippen LogP) is 2.36. The van der Waals surface area contributed by atoms with Crippen LogP contribution < -0.4 is 0 Å². The number of alkyl halides is 3. The number of carbonyl (C=O) groups is 1. The van der Waals surface area contributed by atoms with Gasteiger partial charge in [0.2, 0.25) is 0 Å². The Morgan fingerprint density at radius 3 is 2.62 bits per heavy atom. The fourth-order valence-corrected chi connectivity index (χ4v) is 1.33. The highest BCUT2D eigenvalue weighted by Gasteiger charge is 2.37. The second kappa shape index (κ2) is 3.22. The minimum Gasteiger partial charge on any atom is -0.507 e. The summed E-state index contributed by atoms with van der Waals surface area (Å²) in [6, 6.07) is 1.98. The number of phenolic OH excluding ortho intramolecular Hbond substituents is 1. The number of benzene rings is 1. The summed E-state index contributed by atoms with van der Waals surface area (Å²) in [4.78, 5) is 10.6. The molecular weight excluding hydrogens is 227 g/mol. The largest absolute Gasteiger partial charge is 0.507 e. The molecule has 1 aromatic heterocycles. The van der Waals surface area contributed by atoms with Gasteiger partial charge in [-0.25, -0.2) is 0 Å². The standard InChI is InChI=1S/C9H4F3NO3/c10-9(11,12)8-4-1-2-6(15)5(3-14)7(4)16-13-8/h1-3,15H. The molecule has 0 aliphatic carbocycles. The maximum absolute atomic E-state index is 12.4. The Kier molecular flexibility index (Phi) is 2.11. The van der Waals surface area contributed by atoms with Crippen molar-refractivity contribution in [2.45, 2.75) is 6.18 Å². The number of phenols is 1. The van der Waals surface area contributed by atoms with E-state index in [4.69, 9.17) is 0 Å². The van der Waals surface area contributed by atoms with E-state index in [1.807, 2.05) is 0 Å². The van der Waals surface area contributed by atoms with Crippen molar-refractivity contribution in [3.05, 3.63) is 23.4 Å². The molecule has 2 rings (SSSR count). The molecule has 0 saturated carbocycles. The van der Waals surface area contributed by atoms with Crippen molar-refractivity contribution in [1.82, 2.24) is 5.16 Å². The first-order valence-electron chi connectivity index (χ1n) is 4.09. The Hall–Kier alpha value is -2.05. The maximum atomic E-state index is 12.4. The van der Waals surface area contributed by atoms with Gasteiger partial charge >= 0.3 is 6.18 Å². The average molecular weight is 231 g/mol. The van der Waals surface area contributed by atoms with Crippen LogP contribution in [0.25, 0.3) is 11.0 Å². The first kappa shape index (κ1) is 10.5. The fraction of sp³-hybridized carbons (Fsp3) is 0.111.